The Morgan fingerprint density at radius 2 is 1.82 bits per heavy atom. The molecule has 5 heteroatoms. The molecule has 1 unspecified atom stereocenters. The lowest BCUT2D eigenvalue weighted by molar-refractivity contribution is 0.0267. The zero-order chi connectivity index (χ0) is 15.1. The van der Waals surface area contributed by atoms with Gasteiger partial charge in [0, 0.05) is 12.0 Å². The van der Waals surface area contributed by atoms with Crippen LogP contribution in [-0.4, -0.2) is 9.97 Å². The van der Waals surface area contributed by atoms with Crippen molar-refractivity contribution in [2.45, 2.75) is 19.1 Å². The first-order chi connectivity index (χ1) is 10.7. The Balaban J connectivity index is 1.78. The minimum Gasteiger partial charge on any atom is -0.368 e. The molecule has 22 heavy (non-hydrogen) atoms. The maximum Gasteiger partial charge on any atom is 0.224 e. The van der Waals surface area contributed by atoms with Crippen LogP contribution in [0.15, 0.2) is 42.5 Å². The summed E-state index contributed by atoms with van der Waals surface area (Å²) in [5.41, 5.74) is 2.87. The number of ether oxygens (including phenoxy) is 1. The second kappa shape index (κ2) is 5.51. The highest BCUT2D eigenvalue weighted by Crippen LogP contribution is 2.35. The van der Waals surface area contributed by atoms with E-state index in [-0.39, 0.29) is 11.4 Å². The molecule has 1 aliphatic heterocycles. The van der Waals surface area contributed by atoms with E-state index in [2.05, 4.69) is 40.3 Å². The van der Waals surface area contributed by atoms with Crippen molar-refractivity contribution in [3.05, 3.63) is 69.7 Å². The van der Waals surface area contributed by atoms with Crippen molar-refractivity contribution in [1.82, 2.24) is 9.97 Å². The van der Waals surface area contributed by atoms with Gasteiger partial charge in [0.2, 0.25) is 5.28 Å². The summed E-state index contributed by atoms with van der Waals surface area (Å²) in [6, 6.07) is 14.5. The second-order valence-electron chi connectivity index (χ2n) is 5.28. The average molecular weight is 331 g/mol. The van der Waals surface area contributed by atoms with E-state index < -0.39 is 0 Å². The SMILES string of the molecule is Clc1nc(Cl)c2c(n1)CC(c1cccc3ccccc13)OC2. The number of hydrogen-bond donors (Lipinski definition) is 0. The summed E-state index contributed by atoms with van der Waals surface area (Å²) in [6.45, 7) is 0.402. The molecule has 0 spiro atoms. The molecule has 0 radical (unpaired) electrons. The molecule has 0 N–H and O–H groups in total. The molecular formula is C17H12Cl2N2O. The lowest BCUT2D eigenvalue weighted by Gasteiger charge is -2.26. The third-order valence-electron chi connectivity index (χ3n) is 3.99. The molecule has 0 amide bonds. The molecule has 1 aliphatic rings. The Bertz CT molecular complexity index is 861. The highest BCUT2D eigenvalue weighted by molar-refractivity contribution is 6.32. The van der Waals surface area contributed by atoms with Crippen LogP contribution < -0.4 is 0 Å². The van der Waals surface area contributed by atoms with Gasteiger partial charge in [0.1, 0.15) is 5.15 Å². The Hall–Kier alpha value is -1.68. The number of nitrogens with zero attached hydrogens (tertiary/aromatic N) is 2. The van der Waals surface area contributed by atoms with Crippen LogP contribution in [0.5, 0.6) is 0 Å². The standard InChI is InChI=1S/C17H12Cl2N2O/c18-16-13-9-22-15(8-14(13)20-17(19)21-16)12-7-3-5-10-4-1-2-6-11(10)12/h1-7,15H,8-9H2. The van der Waals surface area contributed by atoms with E-state index in [1.54, 1.807) is 0 Å². The monoisotopic (exact) mass is 330 g/mol. The highest BCUT2D eigenvalue weighted by Gasteiger charge is 2.26. The van der Waals surface area contributed by atoms with Gasteiger partial charge in [0.25, 0.3) is 0 Å². The molecule has 0 saturated heterocycles. The van der Waals surface area contributed by atoms with Crippen molar-refractivity contribution in [3.63, 3.8) is 0 Å². The molecular weight excluding hydrogens is 319 g/mol. The summed E-state index contributed by atoms with van der Waals surface area (Å²) in [4.78, 5) is 8.29. The van der Waals surface area contributed by atoms with Crippen LogP contribution in [0.4, 0.5) is 0 Å². The van der Waals surface area contributed by atoms with Gasteiger partial charge < -0.3 is 4.74 Å². The number of hydrogen-bond acceptors (Lipinski definition) is 3. The molecule has 0 fully saturated rings. The van der Waals surface area contributed by atoms with Crippen molar-refractivity contribution >= 4 is 34.0 Å². The first-order valence-corrected chi connectivity index (χ1v) is 7.78. The third-order valence-corrected chi connectivity index (χ3v) is 4.47. The van der Waals surface area contributed by atoms with Gasteiger partial charge in [0.15, 0.2) is 0 Å². The van der Waals surface area contributed by atoms with E-state index >= 15 is 0 Å². The van der Waals surface area contributed by atoms with Gasteiger partial charge in [-0.2, -0.15) is 0 Å². The smallest absolute Gasteiger partial charge is 0.224 e. The quantitative estimate of drug-likeness (QED) is 0.477. The maximum absolute atomic E-state index is 6.12. The van der Waals surface area contributed by atoms with Crippen LogP contribution in [0.3, 0.4) is 0 Å². The lowest BCUT2D eigenvalue weighted by Crippen LogP contribution is -2.18. The summed E-state index contributed by atoms with van der Waals surface area (Å²) in [5.74, 6) is 0. The molecule has 3 nitrogen and oxygen atoms in total. The summed E-state index contributed by atoms with van der Waals surface area (Å²) in [7, 11) is 0. The third kappa shape index (κ3) is 2.35. The number of halogens is 2. The molecule has 2 aromatic carbocycles. The number of rotatable bonds is 1. The van der Waals surface area contributed by atoms with Gasteiger partial charge in [-0.15, -0.1) is 0 Å². The predicted molar refractivity (Wildman–Crippen MR) is 87.2 cm³/mol. The largest absolute Gasteiger partial charge is 0.368 e. The van der Waals surface area contributed by atoms with Crippen LogP contribution in [-0.2, 0) is 17.8 Å². The molecule has 0 bridgehead atoms. The fourth-order valence-corrected chi connectivity index (χ4v) is 3.41. The maximum atomic E-state index is 6.12. The van der Waals surface area contributed by atoms with Gasteiger partial charge in [-0.25, -0.2) is 9.97 Å². The molecule has 3 aromatic rings. The molecule has 4 rings (SSSR count). The van der Waals surface area contributed by atoms with E-state index in [9.17, 15) is 0 Å². The first-order valence-electron chi connectivity index (χ1n) is 7.02. The van der Waals surface area contributed by atoms with Gasteiger partial charge in [-0.1, -0.05) is 54.1 Å². The van der Waals surface area contributed by atoms with Crippen molar-refractivity contribution in [2.75, 3.05) is 0 Å². The van der Waals surface area contributed by atoms with Crippen LogP contribution >= 0.6 is 23.2 Å². The first kappa shape index (κ1) is 13.9. The fraction of sp³-hybridized carbons (Fsp3) is 0.176. The van der Waals surface area contributed by atoms with Gasteiger partial charge >= 0.3 is 0 Å². The van der Waals surface area contributed by atoms with E-state index in [1.807, 2.05) is 12.1 Å². The summed E-state index contributed by atoms with van der Waals surface area (Å²) >= 11 is 12.0. The van der Waals surface area contributed by atoms with Crippen LogP contribution in [0, 0.1) is 0 Å². The highest BCUT2D eigenvalue weighted by atomic mass is 35.5. The Morgan fingerprint density at radius 1 is 1.00 bits per heavy atom. The van der Waals surface area contributed by atoms with Crippen molar-refractivity contribution in [3.8, 4) is 0 Å². The zero-order valence-corrected chi connectivity index (χ0v) is 13.1. The Morgan fingerprint density at radius 3 is 2.73 bits per heavy atom. The van der Waals surface area contributed by atoms with E-state index in [0.29, 0.717) is 18.2 Å². The van der Waals surface area contributed by atoms with Crippen molar-refractivity contribution in [1.29, 1.82) is 0 Å². The Kier molecular flexibility index (Phi) is 3.49. The van der Waals surface area contributed by atoms with E-state index in [1.165, 1.54) is 10.8 Å². The van der Waals surface area contributed by atoms with E-state index in [0.717, 1.165) is 16.8 Å². The lowest BCUT2D eigenvalue weighted by atomic mass is 9.95. The van der Waals surface area contributed by atoms with Crippen LogP contribution in [0.1, 0.15) is 22.9 Å². The summed E-state index contributed by atoms with van der Waals surface area (Å²) in [6.07, 6.45) is 0.589. The normalized spacial score (nSPS) is 17.5. The van der Waals surface area contributed by atoms with Gasteiger partial charge in [-0.3, -0.25) is 0 Å². The van der Waals surface area contributed by atoms with Crippen LogP contribution in [0.2, 0.25) is 10.4 Å². The predicted octanol–water partition coefficient (Wildman–Crippen LogP) is 4.75. The van der Waals surface area contributed by atoms with Gasteiger partial charge in [-0.05, 0) is 27.9 Å². The molecule has 0 saturated carbocycles. The van der Waals surface area contributed by atoms with E-state index in [4.69, 9.17) is 27.9 Å². The second-order valence-corrected chi connectivity index (χ2v) is 5.98. The minimum atomic E-state index is -0.0550. The minimum absolute atomic E-state index is 0.0550. The van der Waals surface area contributed by atoms with Gasteiger partial charge in [0.05, 0.1) is 18.4 Å². The molecule has 1 atom stereocenters. The molecule has 1 aromatic heterocycles. The number of aromatic nitrogens is 2. The molecule has 110 valence electrons. The van der Waals surface area contributed by atoms with Crippen molar-refractivity contribution in [2.24, 2.45) is 0 Å². The number of benzene rings is 2. The molecule has 2 heterocycles. The Labute approximate surface area is 137 Å². The summed E-state index contributed by atoms with van der Waals surface area (Å²) in [5, 5.41) is 2.96. The summed E-state index contributed by atoms with van der Waals surface area (Å²) < 4.78 is 6.01. The zero-order valence-electron chi connectivity index (χ0n) is 11.6. The molecule has 0 aliphatic carbocycles. The topological polar surface area (TPSA) is 35.0 Å². The van der Waals surface area contributed by atoms with Crippen molar-refractivity contribution < 1.29 is 4.74 Å². The fourth-order valence-electron chi connectivity index (χ4n) is 2.93. The average Bonchev–Trinajstić information content (AvgIpc) is 2.53. The van der Waals surface area contributed by atoms with Crippen LogP contribution in [0.25, 0.3) is 10.8 Å². The number of fused-ring (bicyclic) bond motifs is 2.